The molecule has 204 valence electrons. The van der Waals surface area contributed by atoms with Crippen LogP contribution in [0.4, 0.5) is 29.1 Å². The van der Waals surface area contributed by atoms with E-state index >= 15 is 0 Å². The molecule has 0 saturated carbocycles. The lowest BCUT2D eigenvalue weighted by molar-refractivity contribution is -0.137. The number of aryl methyl sites for hydroxylation is 1. The molecule has 0 atom stereocenters. The summed E-state index contributed by atoms with van der Waals surface area (Å²) < 4.78 is 55.1. The van der Waals surface area contributed by atoms with Crippen molar-refractivity contribution in [2.75, 3.05) is 24.3 Å². The van der Waals surface area contributed by atoms with Crippen molar-refractivity contribution >= 4 is 34.7 Å². The molecule has 2 aromatic carbocycles. The molecule has 0 fully saturated rings. The summed E-state index contributed by atoms with van der Waals surface area (Å²) in [5.74, 6) is -1.04. The zero-order valence-corrected chi connectivity index (χ0v) is 22.1. The van der Waals surface area contributed by atoms with Crippen molar-refractivity contribution in [2.45, 2.75) is 13.1 Å². The smallest absolute Gasteiger partial charge is 0.375 e. The molecule has 3 heterocycles. The minimum absolute atomic E-state index is 0.0889. The number of hydrogen-bond acceptors (Lipinski definition) is 5. The summed E-state index contributed by atoms with van der Waals surface area (Å²) in [6, 6.07) is 13.6. The Morgan fingerprint density at radius 3 is 2.50 bits per heavy atom. The fourth-order valence-electron chi connectivity index (χ4n) is 4.23. The van der Waals surface area contributed by atoms with Crippen LogP contribution >= 0.6 is 11.6 Å². The Balaban J connectivity index is 1.63. The number of amides is 1. The van der Waals surface area contributed by atoms with Gasteiger partial charge in [0.05, 0.1) is 16.9 Å². The van der Waals surface area contributed by atoms with Gasteiger partial charge in [-0.2, -0.15) is 18.3 Å². The Morgan fingerprint density at radius 1 is 1.02 bits per heavy atom. The van der Waals surface area contributed by atoms with Crippen LogP contribution in [0.3, 0.4) is 0 Å². The van der Waals surface area contributed by atoms with Crippen molar-refractivity contribution in [1.29, 1.82) is 0 Å². The maximum atomic E-state index is 14.1. The molecule has 0 spiro atoms. The predicted molar refractivity (Wildman–Crippen MR) is 145 cm³/mol. The topological polar surface area (TPSA) is 75.4 Å². The number of nitrogens with zero attached hydrogens (tertiary/aromatic N) is 5. The Bertz CT molecular complexity index is 1770. The first kappa shape index (κ1) is 27.1. The standard InChI is InChI=1S/C28H21ClF4N6O/c1-15-11-16(7-8-20(15)30)24-25(39-26(36-24)21(38(2)3)14-22(29)37-39)17-9-10-34-23(13-17)35-27(40)18-5-4-6-19(12-18)28(31,32)33/h4-14H,1-3H3,(H,34,35,40). The van der Waals surface area contributed by atoms with Gasteiger partial charge in [-0.3, -0.25) is 4.79 Å². The maximum Gasteiger partial charge on any atom is 0.416 e. The van der Waals surface area contributed by atoms with Crippen LogP contribution in [-0.4, -0.2) is 39.6 Å². The van der Waals surface area contributed by atoms with Crippen molar-refractivity contribution in [1.82, 2.24) is 19.6 Å². The summed E-state index contributed by atoms with van der Waals surface area (Å²) in [5, 5.41) is 7.21. The van der Waals surface area contributed by atoms with Crippen LogP contribution in [0.5, 0.6) is 0 Å². The Hall–Kier alpha value is -4.51. The molecular weight excluding hydrogens is 548 g/mol. The number of rotatable bonds is 5. The second-order valence-corrected chi connectivity index (χ2v) is 9.60. The van der Waals surface area contributed by atoms with Gasteiger partial charge in [-0.25, -0.2) is 18.9 Å². The molecule has 0 bridgehead atoms. The average Bonchev–Trinajstić information content (AvgIpc) is 3.28. The highest BCUT2D eigenvalue weighted by atomic mass is 35.5. The second-order valence-electron chi connectivity index (χ2n) is 9.22. The molecule has 12 heteroatoms. The van der Waals surface area contributed by atoms with E-state index in [1.165, 1.54) is 18.3 Å². The van der Waals surface area contributed by atoms with Crippen LogP contribution in [0, 0.1) is 12.7 Å². The molecule has 7 nitrogen and oxygen atoms in total. The largest absolute Gasteiger partial charge is 0.416 e. The van der Waals surface area contributed by atoms with Gasteiger partial charge >= 0.3 is 6.18 Å². The minimum Gasteiger partial charge on any atom is -0.375 e. The molecular formula is C28H21ClF4N6O. The summed E-state index contributed by atoms with van der Waals surface area (Å²) in [6.45, 7) is 1.64. The van der Waals surface area contributed by atoms with E-state index < -0.39 is 17.6 Å². The number of carbonyl (C=O) groups excluding carboxylic acids is 1. The Labute approximate surface area is 231 Å². The van der Waals surface area contributed by atoms with E-state index in [4.69, 9.17) is 16.6 Å². The van der Waals surface area contributed by atoms with Crippen molar-refractivity contribution in [3.63, 3.8) is 0 Å². The molecule has 0 aliphatic heterocycles. The molecule has 5 aromatic rings. The third-order valence-corrected chi connectivity index (χ3v) is 6.36. The summed E-state index contributed by atoms with van der Waals surface area (Å²) in [7, 11) is 3.66. The number of nitrogens with one attached hydrogen (secondary N) is 1. The number of alkyl halides is 3. The van der Waals surface area contributed by atoms with Gasteiger partial charge < -0.3 is 10.2 Å². The molecule has 5 rings (SSSR count). The molecule has 40 heavy (non-hydrogen) atoms. The van der Waals surface area contributed by atoms with Gasteiger partial charge in [0.15, 0.2) is 10.8 Å². The number of anilines is 2. The van der Waals surface area contributed by atoms with Crippen molar-refractivity contribution < 1.29 is 22.4 Å². The van der Waals surface area contributed by atoms with E-state index in [1.54, 1.807) is 41.8 Å². The van der Waals surface area contributed by atoms with Crippen LogP contribution in [0.25, 0.3) is 28.2 Å². The number of hydrogen-bond donors (Lipinski definition) is 1. The van der Waals surface area contributed by atoms with Crippen LogP contribution in [0.15, 0.2) is 66.9 Å². The van der Waals surface area contributed by atoms with E-state index in [0.717, 1.165) is 18.2 Å². The predicted octanol–water partition coefficient (Wildman–Crippen LogP) is 6.90. The first-order valence-corrected chi connectivity index (χ1v) is 12.3. The van der Waals surface area contributed by atoms with Gasteiger partial charge in [0, 0.05) is 43.0 Å². The van der Waals surface area contributed by atoms with Crippen molar-refractivity contribution in [3.8, 4) is 22.5 Å². The number of aromatic nitrogens is 4. The van der Waals surface area contributed by atoms with Crippen LogP contribution in [0.1, 0.15) is 21.5 Å². The zero-order valence-electron chi connectivity index (χ0n) is 21.4. The quantitative estimate of drug-likeness (QED) is 0.234. The molecule has 1 N–H and O–H groups in total. The number of fused-ring (bicyclic) bond motifs is 1. The fraction of sp³-hybridized carbons (Fsp3) is 0.143. The number of pyridine rings is 1. The van der Waals surface area contributed by atoms with E-state index in [0.29, 0.717) is 39.4 Å². The van der Waals surface area contributed by atoms with Gasteiger partial charge in [-0.1, -0.05) is 17.7 Å². The lowest BCUT2D eigenvalue weighted by Gasteiger charge is -2.14. The molecule has 0 aliphatic rings. The van der Waals surface area contributed by atoms with Crippen LogP contribution in [0.2, 0.25) is 5.15 Å². The fourth-order valence-corrected chi connectivity index (χ4v) is 4.41. The lowest BCUT2D eigenvalue weighted by Crippen LogP contribution is -2.14. The van der Waals surface area contributed by atoms with Gasteiger partial charge in [0.2, 0.25) is 0 Å². The van der Waals surface area contributed by atoms with Crippen molar-refractivity contribution in [3.05, 3.63) is 94.5 Å². The van der Waals surface area contributed by atoms with E-state index in [1.807, 2.05) is 19.0 Å². The molecule has 0 radical (unpaired) electrons. The van der Waals surface area contributed by atoms with Gasteiger partial charge in [0.25, 0.3) is 5.91 Å². The summed E-state index contributed by atoms with van der Waals surface area (Å²) in [5.41, 5.74) is 2.57. The van der Waals surface area contributed by atoms with Gasteiger partial charge in [0.1, 0.15) is 17.3 Å². The lowest BCUT2D eigenvalue weighted by atomic mass is 10.0. The van der Waals surface area contributed by atoms with E-state index in [-0.39, 0.29) is 22.4 Å². The second kappa shape index (κ2) is 10.2. The highest BCUT2D eigenvalue weighted by molar-refractivity contribution is 6.29. The Morgan fingerprint density at radius 2 is 1.80 bits per heavy atom. The van der Waals surface area contributed by atoms with Gasteiger partial charge in [-0.15, -0.1) is 0 Å². The highest BCUT2D eigenvalue weighted by Gasteiger charge is 2.31. The SMILES string of the molecule is Cc1cc(-c2nc3c(N(C)C)cc(Cl)nn3c2-c2ccnc(NC(=O)c3cccc(C(F)(F)F)c3)c2)ccc1F. The molecule has 1 amide bonds. The number of benzene rings is 2. The first-order valence-electron chi connectivity index (χ1n) is 11.9. The molecule has 3 aromatic heterocycles. The molecule has 0 saturated heterocycles. The number of imidazole rings is 1. The van der Waals surface area contributed by atoms with Crippen LogP contribution in [-0.2, 0) is 6.18 Å². The van der Waals surface area contributed by atoms with E-state index in [9.17, 15) is 22.4 Å². The summed E-state index contributed by atoms with van der Waals surface area (Å²) >= 11 is 6.36. The molecule has 0 aliphatic carbocycles. The summed E-state index contributed by atoms with van der Waals surface area (Å²) in [6.07, 6.45) is -3.15. The average molecular weight is 569 g/mol. The molecule has 0 unspecified atom stereocenters. The van der Waals surface area contributed by atoms with Crippen molar-refractivity contribution in [2.24, 2.45) is 0 Å². The Kier molecular flexibility index (Phi) is 6.92. The summed E-state index contributed by atoms with van der Waals surface area (Å²) in [4.78, 5) is 23.6. The normalized spacial score (nSPS) is 11.6. The number of carbonyl (C=O) groups is 1. The highest BCUT2D eigenvalue weighted by Crippen LogP contribution is 2.37. The number of halogens is 5. The zero-order chi connectivity index (χ0) is 28.8. The first-order chi connectivity index (χ1) is 18.9. The minimum atomic E-state index is -4.59. The van der Waals surface area contributed by atoms with Gasteiger partial charge in [-0.05, 0) is 61.0 Å². The van der Waals surface area contributed by atoms with Crippen LogP contribution < -0.4 is 10.2 Å². The third kappa shape index (κ3) is 5.20. The monoisotopic (exact) mass is 568 g/mol. The van der Waals surface area contributed by atoms with E-state index in [2.05, 4.69) is 15.4 Å². The third-order valence-electron chi connectivity index (χ3n) is 6.18. The maximum absolute atomic E-state index is 14.1.